The molecule has 1 heterocycles. The lowest BCUT2D eigenvalue weighted by molar-refractivity contribution is -0.0313. The smallest absolute Gasteiger partial charge is 0.335 e. The quantitative estimate of drug-likeness (QED) is 0.658. The first-order valence-corrected chi connectivity index (χ1v) is 10.3. The summed E-state index contributed by atoms with van der Waals surface area (Å²) in [6.45, 7) is 2.65. The van der Waals surface area contributed by atoms with E-state index in [1.54, 1.807) is 18.2 Å². The van der Waals surface area contributed by atoms with Crippen LogP contribution >= 0.6 is 8.03 Å². The van der Waals surface area contributed by atoms with Gasteiger partial charge in [0.05, 0.1) is 29.5 Å². The van der Waals surface area contributed by atoms with Crippen molar-refractivity contribution in [3.05, 3.63) is 71.3 Å². The van der Waals surface area contributed by atoms with Gasteiger partial charge in [0.15, 0.2) is 8.03 Å². The Morgan fingerprint density at radius 3 is 2.63 bits per heavy atom. The van der Waals surface area contributed by atoms with Gasteiger partial charge in [0, 0.05) is 6.54 Å². The zero-order valence-electron chi connectivity index (χ0n) is 15.1. The average molecular weight is 389 g/mol. The molecule has 2 aromatic carbocycles. The van der Waals surface area contributed by atoms with E-state index in [1.807, 2.05) is 43.3 Å². The van der Waals surface area contributed by atoms with E-state index in [0.29, 0.717) is 19.6 Å². The first-order chi connectivity index (χ1) is 12.9. The van der Waals surface area contributed by atoms with Crippen LogP contribution in [0.25, 0.3) is 0 Å². The number of carboxylic acid groups (broad SMARTS) is 1. The fourth-order valence-corrected chi connectivity index (χ4v) is 4.34. The van der Waals surface area contributed by atoms with E-state index in [9.17, 15) is 19.4 Å². The predicted octanol–water partition coefficient (Wildman–Crippen LogP) is 2.67. The molecule has 4 atom stereocenters. The molecule has 0 saturated carbocycles. The summed E-state index contributed by atoms with van der Waals surface area (Å²) in [5.41, 5.74) is 1.02. The SMILES string of the molecule is C[C@@]1(c2cccc(C(=O)O)c2)CO[C@@H](C(Cc2ccccc2)[PH](=O)O)CN1. The Bertz CT molecular complexity index is 818. The number of carbonyl (C=O) groups is 1. The first-order valence-electron chi connectivity index (χ1n) is 8.86. The van der Waals surface area contributed by atoms with Gasteiger partial charge in [0.1, 0.15) is 0 Å². The molecule has 0 aromatic heterocycles. The molecule has 0 amide bonds. The molecule has 7 heteroatoms. The molecule has 0 aliphatic carbocycles. The minimum atomic E-state index is -2.78. The van der Waals surface area contributed by atoms with Gasteiger partial charge in [-0.15, -0.1) is 0 Å². The van der Waals surface area contributed by atoms with Crippen molar-refractivity contribution in [2.75, 3.05) is 13.2 Å². The highest BCUT2D eigenvalue weighted by atomic mass is 31.1. The maximum Gasteiger partial charge on any atom is 0.335 e. The summed E-state index contributed by atoms with van der Waals surface area (Å²) in [7, 11) is -2.78. The van der Waals surface area contributed by atoms with E-state index in [-0.39, 0.29) is 11.7 Å². The van der Waals surface area contributed by atoms with Crippen LogP contribution in [0.2, 0.25) is 0 Å². The van der Waals surface area contributed by atoms with Crippen molar-refractivity contribution in [1.82, 2.24) is 5.32 Å². The molecule has 2 unspecified atom stereocenters. The number of hydrogen-bond acceptors (Lipinski definition) is 4. The van der Waals surface area contributed by atoms with Gasteiger partial charge in [-0.3, -0.25) is 4.57 Å². The van der Waals surface area contributed by atoms with Crippen LogP contribution in [-0.4, -0.2) is 40.9 Å². The second-order valence-electron chi connectivity index (χ2n) is 7.08. The molecule has 3 rings (SSSR count). The largest absolute Gasteiger partial charge is 0.478 e. The minimum Gasteiger partial charge on any atom is -0.478 e. The molecule has 1 aliphatic heterocycles. The van der Waals surface area contributed by atoms with Crippen LogP contribution in [0.1, 0.15) is 28.4 Å². The minimum absolute atomic E-state index is 0.222. The normalized spacial score (nSPS) is 24.9. The van der Waals surface area contributed by atoms with E-state index in [0.717, 1.165) is 11.1 Å². The van der Waals surface area contributed by atoms with Crippen molar-refractivity contribution in [1.29, 1.82) is 0 Å². The van der Waals surface area contributed by atoms with E-state index in [4.69, 9.17) is 4.74 Å². The third-order valence-electron chi connectivity index (χ3n) is 5.09. The van der Waals surface area contributed by atoms with Crippen LogP contribution in [0.4, 0.5) is 0 Å². The molecule has 144 valence electrons. The zero-order chi connectivity index (χ0) is 19.4. The number of morpholine rings is 1. The molecule has 2 aromatic rings. The number of hydrogen-bond donors (Lipinski definition) is 3. The fraction of sp³-hybridized carbons (Fsp3) is 0.350. The molecule has 1 fully saturated rings. The number of rotatable bonds is 6. The Morgan fingerprint density at radius 1 is 1.30 bits per heavy atom. The van der Waals surface area contributed by atoms with Gasteiger partial charge in [0.2, 0.25) is 0 Å². The van der Waals surface area contributed by atoms with Crippen molar-refractivity contribution in [2.45, 2.75) is 30.6 Å². The third-order valence-corrected chi connectivity index (χ3v) is 6.30. The molecule has 3 N–H and O–H groups in total. The first kappa shape index (κ1) is 19.8. The second kappa shape index (κ2) is 8.36. The van der Waals surface area contributed by atoms with Crippen LogP contribution < -0.4 is 5.32 Å². The molecule has 6 nitrogen and oxygen atoms in total. The zero-order valence-corrected chi connectivity index (χ0v) is 16.1. The number of nitrogens with one attached hydrogen (secondary N) is 1. The van der Waals surface area contributed by atoms with Crippen LogP contribution in [0.15, 0.2) is 54.6 Å². The topological polar surface area (TPSA) is 95.9 Å². The number of ether oxygens (including phenoxy) is 1. The number of aromatic carboxylic acids is 1. The molecule has 1 saturated heterocycles. The van der Waals surface area contributed by atoms with Gasteiger partial charge in [-0.2, -0.15) is 0 Å². The molecular formula is C20H24NO5P. The summed E-state index contributed by atoms with van der Waals surface area (Å²) in [6.07, 6.45) is 0.101. The molecule has 0 bridgehead atoms. The molecule has 0 spiro atoms. The van der Waals surface area contributed by atoms with Gasteiger partial charge in [-0.25, -0.2) is 4.79 Å². The van der Waals surface area contributed by atoms with Gasteiger partial charge >= 0.3 is 5.97 Å². The van der Waals surface area contributed by atoms with E-state index < -0.39 is 25.2 Å². The molecule has 0 radical (unpaired) electrons. The summed E-state index contributed by atoms with van der Waals surface area (Å²) in [4.78, 5) is 21.1. The van der Waals surface area contributed by atoms with Crippen LogP contribution in [-0.2, 0) is 21.3 Å². The molecule has 27 heavy (non-hydrogen) atoms. The van der Waals surface area contributed by atoms with E-state index >= 15 is 0 Å². The fourth-order valence-electron chi connectivity index (χ4n) is 3.39. The molecule has 1 aliphatic rings. The second-order valence-corrected chi connectivity index (χ2v) is 8.50. The Labute approximate surface area is 159 Å². The summed E-state index contributed by atoms with van der Waals surface area (Å²) < 4.78 is 18.0. The lowest BCUT2D eigenvalue weighted by Crippen LogP contribution is -2.55. The van der Waals surface area contributed by atoms with Gasteiger partial charge < -0.3 is 20.1 Å². The van der Waals surface area contributed by atoms with Crippen molar-refractivity contribution >= 4 is 14.0 Å². The predicted molar refractivity (Wildman–Crippen MR) is 104 cm³/mol. The van der Waals surface area contributed by atoms with Gasteiger partial charge in [-0.05, 0) is 36.6 Å². The highest BCUT2D eigenvalue weighted by Crippen LogP contribution is 2.34. The Balaban J connectivity index is 1.72. The standard InChI is InChI=1S/C20H24NO5P/c1-20(16-9-5-8-15(11-16)19(22)23)13-26-17(12-21-20)18(27(24)25)10-14-6-3-2-4-7-14/h2-9,11,17-18,21,27H,10,12-13H2,1H3,(H,22,23)(H,24,25)/t17-,18?,20+/m1/s1. The van der Waals surface area contributed by atoms with Gasteiger partial charge in [-0.1, -0.05) is 42.5 Å². The summed E-state index contributed by atoms with van der Waals surface area (Å²) >= 11 is 0. The van der Waals surface area contributed by atoms with Crippen molar-refractivity contribution in [3.8, 4) is 0 Å². The monoisotopic (exact) mass is 389 g/mol. The van der Waals surface area contributed by atoms with E-state index in [2.05, 4.69) is 5.32 Å². The maximum absolute atomic E-state index is 12.0. The Morgan fingerprint density at radius 2 is 2.04 bits per heavy atom. The summed E-state index contributed by atoms with van der Waals surface area (Å²) in [5.74, 6) is -0.975. The van der Waals surface area contributed by atoms with Crippen LogP contribution in [0.3, 0.4) is 0 Å². The summed E-state index contributed by atoms with van der Waals surface area (Å²) in [5, 5.41) is 12.6. The lowest BCUT2D eigenvalue weighted by atomic mass is 9.89. The lowest BCUT2D eigenvalue weighted by Gasteiger charge is -2.41. The van der Waals surface area contributed by atoms with E-state index in [1.165, 1.54) is 0 Å². The van der Waals surface area contributed by atoms with Crippen LogP contribution in [0.5, 0.6) is 0 Å². The van der Waals surface area contributed by atoms with Crippen molar-refractivity contribution < 1.29 is 24.1 Å². The third kappa shape index (κ3) is 4.66. The van der Waals surface area contributed by atoms with Crippen LogP contribution in [0, 0.1) is 0 Å². The Hall–Kier alpha value is -1.98. The number of benzene rings is 2. The highest BCUT2D eigenvalue weighted by molar-refractivity contribution is 7.39. The number of carboxylic acids is 1. The Kier molecular flexibility index (Phi) is 6.12. The van der Waals surface area contributed by atoms with Gasteiger partial charge in [0.25, 0.3) is 0 Å². The average Bonchev–Trinajstić information content (AvgIpc) is 2.68. The highest BCUT2D eigenvalue weighted by Gasteiger charge is 2.37. The molecular weight excluding hydrogens is 365 g/mol. The maximum atomic E-state index is 12.0. The summed E-state index contributed by atoms with van der Waals surface area (Å²) in [6, 6.07) is 16.4. The van der Waals surface area contributed by atoms with Crippen molar-refractivity contribution in [2.24, 2.45) is 0 Å². The van der Waals surface area contributed by atoms with Crippen molar-refractivity contribution in [3.63, 3.8) is 0 Å².